The first kappa shape index (κ1) is 22.9. The summed E-state index contributed by atoms with van der Waals surface area (Å²) in [7, 11) is 0. The van der Waals surface area contributed by atoms with Gasteiger partial charge in [-0.2, -0.15) is 8.78 Å². The molecular formula is C25H32F4O. The number of benzene rings is 1. The Balaban J connectivity index is 1.52. The number of allylic oxidation sites excluding steroid dienone is 2. The number of hydrogen-bond acceptors (Lipinski definition) is 1. The van der Waals surface area contributed by atoms with Crippen molar-refractivity contribution >= 4 is 0 Å². The fraction of sp³-hybridized carbons (Fsp3) is 0.600. The van der Waals surface area contributed by atoms with Gasteiger partial charge in [0.05, 0.1) is 0 Å². The Bertz CT molecular complexity index is 720. The van der Waals surface area contributed by atoms with Crippen LogP contribution in [0.5, 0.6) is 5.75 Å². The van der Waals surface area contributed by atoms with Crippen molar-refractivity contribution in [3.8, 4) is 5.75 Å². The number of halogens is 4. The third-order valence-electron chi connectivity index (χ3n) is 6.85. The molecule has 0 amide bonds. The predicted molar refractivity (Wildman–Crippen MR) is 112 cm³/mol. The van der Waals surface area contributed by atoms with Crippen LogP contribution in [-0.4, -0.2) is 0 Å². The number of ether oxygens (including phenoxy) is 1. The summed E-state index contributed by atoms with van der Waals surface area (Å²) in [5.41, 5.74) is 1.09. The highest BCUT2D eigenvalue weighted by molar-refractivity contribution is 5.30. The Labute approximate surface area is 177 Å². The van der Waals surface area contributed by atoms with E-state index in [9.17, 15) is 17.6 Å². The molecule has 2 aliphatic carbocycles. The van der Waals surface area contributed by atoms with Gasteiger partial charge in [0, 0.05) is 11.8 Å². The molecule has 1 nitrogen and oxygen atoms in total. The van der Waals surface area contributed by atoms with Crippen molar-refractivity contribution < 1.29 is 22.3 Å². The zero-order valence-corrected chi connectivity index (χ0v) is 17.7. The molecule has 0 bridgehead atoms. The van der Waals surface area contributed by atoms with E-state index in [1.165, 1.54) is 6.42 Å². The molecule has 2 saturated carbocycles. The van der Waals surface area contributed by atoms with Gasteiger partial charge in [-0.25, -0.2) is 8.78 Å². The molecule has 0 heterocycles. The highest BCUT2D eigenvalue weighted by Gasteiger charge is 2.31. The van der Waals surface area contributed by atoms with Gasteiger partial charge in [0.15, 0.2) is 6.26 Å². The lowest BCUT2D eigenvalue weighted by molar-refractivity contribution is 0.241. The van der Waals surface area contributed by atoms with E-state index in [-0.39, 0.29) is 17.8 Å². The zero-order valence-electron chi connectivity index (χ0n) is 17.7. The molecule has 0 atom stereocenters. The Morgan fingerprint density at radius 1 is 0.833 bits per heavy atom. The second-order valence-corrected chi connectivity index (χ2v) is 8.85. The predicted octanol–water partition coefficient (Wildman–Crippen LogP) is 8.83. The third-order valence-corrected chi connectivity index (χ3v) is 6.85. The summed E-state index contributed by atoms with van der Waals surface area (Å²) in [6.45, 7) is 2.18. The molecule has 0 unspecified atom stereocenters. The van der Waals surface area contributed by atoms with E-state index in [4.69, 9.17) is 4.74 Å². The van der Waals surface area contributed by atoms with Crippen LogP contribution in [0, 0.1) is 17.8 Å². The highest BCUT2D eigenvalue weighted by Crippen LogP contribution is 2.43. The van der Waals surface area contributed by atoms with Crippen LogP contribution in [0.3, 0.4) is 0 Å². The second-order valence-electron chi connectivity index (χ2n) is 8.85. The normalized spacial score (nSPS) is 27.9. The highest BCUT2D eigenvalue weighted by atomic mass is 19.3. The molecular weight excluding hydrogens is 392 g/mol. The SMILES string of the molecule is CCCC1CCC(/C(F)=C(\F)C2CCC(c3ccc(OC=C(F)F)cc3)CC2)CC1. The van der Waals surface area contributed by atoms with Crippen LogP contribution in [0.1, 0.15) is 82.6 Å². The molecule has 166 valence electrons. The van der Waals surface area contributed by atoms with Crippen LogP contribution in [-0.2, 0) is 0 Å². The van der Waals surface area contributed by atoms with E-state index in [2.05, 4.69) is 6.92 Å². The standard InChI is InChI=1S/C25H32F4O/c1-2-3-17-4-6-20(7-5-17)24(28)25(29)21-10-8-18(9-11-21)19-12-14-22(15-13-19)30-16-23(26)27/h12-18,20-21H,2-11H2,1H3/b25-24+. The van der Waals surface area contributed by atoms with Crippen molar-refractivity contribution in [2.24, 2.45) is 17.8 Å². The van der Waals surface area contributed by atoms with Crippen LogP contribution in [0.2, 0.25) is 0 Å². The molecule has 2 aliphatic rings. The topological polar surface area (TPSA) is 9.23 Å². The summed E-state index contributed by atoms with van der Waals surface area (Å²) in [5, 5.41) is 0. The maximum absolute atomic E-state index is 14.9. The van der Waals surface area contributed by atoms with E-state index in [0.29, 0.717) is 30.8 Å². The fourth-order valence-electron chi connectivity index (χ4n) is 5.11. The van der Waals surface area contributed by atoms with Gasteiger partial charge < -0.3 is 4.74 Å². The van der Waals surface area contributed by atoms with Crippen molar-refractivity contribution in [3.63, 3.8) is 0 Å². The fourth-order valence-corrected chi connectivity index (χ4v) is 5.11. The molecule has 30 heavy (non-hydrogen) atoms. The molecule has 0 aliphatic heterocycles. The van der Waals surface area contributed by atoms with Crippen molar-refractivity contribution in [1.82, 2.24) is 0 Å². The first-order chi connectivity index (χ1) is 14.5. The molecule has 0 radical (unpaired) electrons. The van der Waals surface area contributed by atoms with Crippen molar-refractivity contribution in [3.05, 3.63) is 53.8 Å². The van der Waals surface area contributed by atoms with Crippen molar-refractivity contribution in [1.29, 1.82) is 0 Å². The second kappa shape index (κ2) is 11.0. The first-order valence-electron chi connectivity index (χ1n) is 11.3. The zero-order chi connectivity index (χ0) is 21.5. The molecule has 0 N–H and O–H groups in total. The van der Waals surface area contributed by atoms with Crippen LogP contribution < -0.4 is 4.74 Å². The summed E-state index contributed by atoms with van der Waals surface area (Å²) in [5.74, 6) is -0.212. The first-order valence-corrected chi connectivity index (χ1v) is 11.3. The minimum absolute atomic E-state index is 0.230. The van der Waals surface area contributed by atoms with E-state index in [1.54, 1.807) is 12.1 Å². The van der Waals surface area contributed by atoms with Gasteiger partial charge in [-0.3, -0.25) is 0 Å². The van der Waals surface area contributed by atoms with Gasteiger partial charge in [-0.15, -0.1) is 0 Å². The van der Waals surface area contributed by atoms with Crippen molar-refractivity contribution in [2.45, 2.75) is 77.0 Å². The Morgan fingerprint density at radius 3 is 1.87 bits per heavy atom. The maximum atomic E-state index is 14.9. The third kappa shape index (κ3) is 6.12. The van der Waals surface area contributed by atoms with E-state index >= 15 is 0 Å². The molecule has 2 fully saturated rings. The number of hydrogen-bond donors (Lipinski definition) is 0. The molecule has 1 aromatic rings. The molecule has 5 heteroatoms. The van der Waals surface area contributed by atoms with Gasteiger partial charge in [0.25, 0.3) is 0 Å². The largest absolute Gasteiger partial charge is 0.459 e. The summed E-state index contributed by atoms with van der Waals surface area (Å²) < 4.78 is 58.7. The lowest BCUT2D eigenvalue weighted by Gasteiger charge is -2.31. The lowest BCUT2D eigenvalue weighted by Crippen LogP contribution is -2.18. The number of rotatable bonds is 7. The van der Waals surface area contributed by atoms with Gasteiger partial charge in [0.2, 0.25) is 0 Å². The molecule has 3 rings (SSSR count). The smallest absolute Gasteiger partial charge is 0.305 e. The van der Waals surface area contributed by atoms with Crippen molar-refractivity contribution in [2.75, 3.05) is 0 Å². The quantitative estimate of drug-likeness (QED) is 0.314. The molecule has 0 spiro atoms. The van der Waals surface area contributed by atoms with E-state index < -0.39 is 17.7 Å². The lowest BCUT2D eigenvalue weighted by atomic mass is 9.76. The van der Waals surface area contributed by atoms with Gasteiger partial charge in [-0.05, 0) is 80.9 Å². The van der Waals surface area contributed by atoms with Crippen LogP contribution >= 0.6 is 0 Å². The molecule has 1 aromatic carbocycles. The minimum Gasteiger partial charge on any atom is -0.459 e. The Morgan fingerprint density at radius 2 is 1.37 bits per heavy atom. The maximum Gasteiger partial charge on any atom is 0.305 e. The van der Waals surface area contributed by atoms with Gasteiger partial charge in [-0.1, -0.05) is 31.9 Å². The van der Waals surface area contributed by atoms with E-state index in [0.717, 1.165) is 50.5 Å². The van der Waals surface area contributed by atoms with Crippen LogP contribution in [0.15, 0.2) is 48.3 Å². The van der Waals surface area contributed by atoms with E-state index in [1.807, 2.05) is 12.1 Å². The Kier molecular flexibility index (Phi) is 8.41. The molecule has 0 aromatic heterocycles. The summed E-state index contributed by atoms with van der Waals surface area (Å²) in [6.07, 6.45) is 7.35. The average molecular weight is 425 g/mol. The monoisotopic (exact) mass is 424 g/mol. The van der Waals surface area contributed by atoms with Crippen LogP contribution in [0.25, 0.3) is 0 Å². The minimum atomic E-state index is -1.88. The summed E-state index contributed by atoms with van der Waals surface area (Å²) >= 11 is 0. The summed E-state index contributed by atoms with van der Waals surface area (Å²) in [6, 6.07) is 7.06. The average Bonchev–Trinajstić information content (AvgIpc) is 2.78. The van der Waals surface area contributed by atoms with Crippen LogP contribution in [0.4, 0.5) is 17.6 Å². The Hall–Kier alpha value is -1.78. The summed E-state index contributed by atoms with van der Waals surface area (Å²) in [4.78, 5) is 0. The van der Waals surface area contributed by atoms with Gasteiger partial charge >= 0.3 is 6.08 Å². The van der Waals surface area contributed by atoms with Gasteiger partial charge in [0.1, 0.15) is 17.4 Å². The molecule has 0 saturated heterocycles.